The number of allylic oxidation sites excluding steroid dienone is 1. The monoisotopic (exact) mass is 327 g/mol. The molecule has 0 saturated carbocycles. The number of piperidine rings is 1. The van der Waals surface area contributed by atoms with Crippen LogP contribution < -0.4 is 4.74 Å². The molecular formula is C20H25NO3. The Morgan fingerprint density at radius 2 is 2.21 bits per heavy atom. The second-order valence-corrected chi connectivity index (χ2v) is 7.02. The van der Waals surface area contributed by atoms with E-state index in [0.29, 0.717) is 12.0 Å². The minimum Gasteiger partial charge on any atom is -0.497 e. The first kappa shape index (κ1) is 15.7. The van der Waals surface area contributed by atoms with Crippen molar-refractivity contribution in [2.45, 2.75) is 44.7 Å². The van der Waals surface area contributed by atoms with Crippen molar-refractivity contribution in [1.82, 2.24) is 4.90 Å². The number of furan rings is 1. The number of aliphatic hydroxyl groups excluding tert-OH is 1. The van der Waals surface area contributed by atoms with Crippen LogP contribution in [0.15, 0.2) is 34.3 Å². The van der Waals surface area contributed by atoms with Gasteiger partial charge in [-0.05, 0) is 44.9 Å². The molecule has 2 bridgehead atoms. The third kappa shape index (κ3) is 2.28. The van der Waals surface area contributed by atoms with Crippen LogP contribution in [0.2, 0.25) is 0 Å². The summed E-state index contributed by atoms with van der Waals surface area (Å²) in [7, 11) is 1.69. The van der Waals surface area contributed by atoms with Crippen LogP contribution in [-0.2, 0) is 6.42 Å². The average Bonchev–Trinajstić information content (AvgIpc) is 2.95. The third-order valence-electron chi connectivity index (χ3n) is 5.87. The van der Waals surface area contributed by atoms with Crippen molar-refractivity contribution in [2.75, 3.05) is 20.3 Å². The van der Waals surface area contributed by atoms with E-state index in [1.165, 1.54) is 11.1 Å². The molecular weight excluding hydrogens is 302 g/mol. The molecule has 0 amide bonds. The van der Waals surface area contributed by atoms with Crippen molar-refractivity contribution in [2.24, 2.45) is 0 Å². The van der Waals surface area contributed by atoms with Gasteiger partial charge in [-0.25, -0.2) is 0 Å². The number of benzene rings is 1. The molecule has 4 heteroatoms. The minimum absolute atomic E-state index is 0.131. The van der Waals surface area contributed by atoms with Gasteiger partial charge < -0.3 is 14.3 Å². The summed E-state index contributed by atoms with van der Waals surface area (Å²) < 4.78 is 11.7. The summed E-state index contributed by atoms with van der Waals surface area (Å²) >= 11 is 0. The second kappa shape index (κ2) is 5.94. The summed E-state index contributed by atoms with van der Waals surface area (Å²) in [5.74, 6) is 2.29. The normalized spacial score (nSPS) is 31.1. The molecule has 0 radical (unpaired) electrons. The van der Waals surface area contributed by atoms with E-state index in [9.17, 15) is 5.11 Å². The maximum absolute atomic E-state index is 10.0. The second-order valence-electron chi connectivity index (χ2n) is 7.02. The molecule has 1 aromatic heterocycles. The van der Waals surface area contributed by atoms with Crippen molar-refractivity contribution in [3.8, 4) is 5.75 Å². The smallest absolute Gasteiger partial charge is 0.134 e. The lowest BCUT2D eigenvalue weighted by Crippen LogP contribution is -2.49. The van der Waals surface area contributed by atoms with Crippen LogP contribution in [0.4, 0.5) is 0 Å². The molecule has 2 aliphatic heterocycles. The largest absolute Gasteiger partial charge is 0.497 e. The lowest BCUT2D eigenvalue weighted by atomic mass is 9.85. The van der Waals surface area contributed by atoms with Gasteiger partial charge in [0.25, 0.3) is 0 Å². The van der Waals surface area contributed by atoms with Gasteiger partial charge in [0.05, 0.1) is 13.7 Å². The summed E-state index contributed by atoms with van der Waals surface area (Å²) in [6, 6.07) is 6.51. The Kier molecular flexibility index (Phi) is 3.89. The van der Waals surface area contributed by atoms with Crippen LogP contribution in [-0.4, -0.2) is 42.4 Å². The minimum atomic E-state index is 0.131. The molecule has 128 valence electrons. The van der Waals surface area contributed by atoms with E-state index < -0.39 is 0 Å². The van der Waals surface area contributed by atoms with E-state index in [4.69, 9.17) is 9.15 Å². The summed E-state index contributed by atoms with van der Waals surface area (Å²) in [5, 5.41) is 11.2. The van der Waals surface area contributed by atoms with Crippen LogP contribution >= 0.6 is 0 Å². The molecule has 1 aromatic carbocycles. The van der Waals surface area contributed by atoms with Crippen molar-refractivity contribution < 1.29 is 14.3 Å². The fourth-order valence-electron chi connectivity index (χ4n) is 4.42. The van der Waals surface area contributed by atoms with Crippen LogP contribution in [0.1, 0.15) is 37.5 Å². The van der Waals surface area contributed by atoms with Crippen LogP contribution in [0.5, 0.6) is 5.75 Å². The number of methoxy groups -OCH3 is 1. The van der Waals surface area contributed by atoms with Crippen LogP contribution in [0.3, 0.4) is 0 Å². The van der Waals surface area contributed by atoms with E-state index >= 15 is 0 Å². The summed E-state index contributed by atoms with van der Waals surface area (Å²) in [5.41, 5.74) is 3.60. The fourth-order valence-corrected chi connectivity index (χ4v) is 4.42. The number of fused-ring (bicyclic) bond motifs is 6. The molecule has 2 aromatic rings. The summed E-state index contributed by atoms with van der Waals surface area (Å²) in [6.07, 6.45) is 4.08. The number of rotatable bonds is 2. The van der Waals surface area contributed by atoms with Gasteiger partial charge in [0, 0.05) is 35.5 Å². The number of hydrogen-bond donors (Lipinski definition) is 1. The van der Waals surface area contributed by atoms with E-state index in [2.05, 4.69) is 30.9 Å². The van der Waals surface area contributed by atoms with Crippen molar-refractivity contribution in [3.63, 3.8) is 0 Å². The molecule has 1 fully saturated rings. The zero-order valence-corrected chi connectivity index (χ0v) is 14.6. The summed E-state index contributed by atoms with van der Waals surface area (Å²) in [4.78, 5) is 2.45. The van der Waals surface area contributed by atoms with Gasteiger partial charge in [0.15, 0.2) is 0 Å². The molecule has 3 heterocycles. The standard InChI is InChI=1S/C20H25NO3/c1-4-13-7-16-12(2)21(10-13)14(11-22)8-18-17-9-15(23-3)5-6-19(17)24-20(16)18/h4-6,9,12,14,16,22H,7-8,10-11H2,1-3H3. The molecule has 0 aliphatic carbocycles. The Balaban J connectivity index is 1.91. The first-order chi connectivity index (χ1) is 11.7. The third-order valence-corrected chi connectivity index (χ3v) is 5.87. The Labute approximate surface area is 142 Å². The Hall–Kier alpha value is -1.78. The molecule has 1 saturated heterocycles. The zero-order chi connectivity index (χ0) is 16.8. The van der Waals surface area contributed by atoms with Crippen LogP contribution in [0, 0.1) is 0 Å². The van der Waals surface area contributed by atoms with Gasteiger partial charge in [-0.1, -0.05) is 11.6 Å². The summed E-state index contributed by atoms with van der Waals surface area (Å²) in [6.45, 7) is 5.49. The van der Waals surface area contributed by atoms with Crippen molar-refractivity contribution in [1.29, 1.82) is 0 Å². The Bertz CT molecular complexity index is 792. The Morgan fingerprint density at radius 1 is 1.38 bits per heavy atom. The van der Waals surface area contributed by atoms with Crippen molar-refractivity contribution in [3.05, 3.63) is 41.2 Å². The highest BCUT2D eigenvalue weighted by Gasteiger charge is 2.41. The van der Waals surface area contributed by atoms with E-state index in [0.717, 1.165) is 41.9 Å². The fraction of sp³-hybridized carbons (Fsp3) is 0.500. The van der Waals surface area contributed by atoms with Gasteiger partial charge in [0.2, 0.25) is 0 Å². The topological polar surface area (TPSA) is 45.8 Å². The van der Waals surface area contributed by atoms with Crippen LogP contribution in [0.25, 0.3) is 11.0 Å². The molecule has 2 aliphatic rings. The number of nitrogens with zero attached hydrogens (tertiary/aromatic N) is 1. The predicted molar refractivity (Wildman–Crippen MR) is 94.6 cm³/mol. The molecule has 4 rings (SSSR count). The van der Waals surface area contributed by atoms with E-state index in [-0.39, 0.29) is 12.6 Å². The SMILES string of the molecule is CC=C1CC2c3oc4ccc(OC)cc4c3CC(CO)N(C1)C2C. The molecule has 0 spiro atoms. The van der Waals surface area contributed by atoms with Gasteiger partial charge in [-0.2, -0.15) is 0 Å². The Morgan fingerprint density at radius 3 is 2.92 bits per heavy atom. The molecule has 4 unspecified atom stereocenters. The maximum atomic E-state index is 10.0. The highest BCUT2D eigenvalue weighted by molar-refractivity contribution is 5.84. The lowest BCUT2D eigenvalue weighted by molar-refractivity contribution is 0.0752. The van der Waals surface area contributed by atoms with Crippen molar-refractivity contribution >= 4 is 11.0 Å². The first-order valence-electron chi connectivity index (χ1n) is 8.76. The van der Waals surface area contributed by atoms with Gasteiger partial charge >= 0.3 is 0 Å². The highest BCUT2D eigenvalue weighted by atomic mass is 16.5. The van der Waals surface area contributed by atoms with Gasteiger partial charge in [-0.3, -0.25) is 4.90 Å². The van der Waals surface area contributed by atoms with E-state index in [1.54, 1.807) is 7.11 Å². The molecule has 4 nitrogen and oxygen atoms in total. The van der Waals surface area contributed by atoms with Gasteiger partial charge in [0.1, 0.15) is 17.1 Å². The molecule has 4 atom stereocenters. The number of aliphatic hydroxyl groups is 1. The predicted octanol–water partition coefficient (Wildman–Crippen LogP) is 3.48. The van der Waals surface area contributed by atoms with Gasteiger partial charge in [-0.15, -0.1) is 0 Å². The quantitative estimate of drug-likeness (QED) is 0.858. The maximum Gasteiger partial charge on any atom is 0.134 e. The van der Waals surface area contributed by atoms with E-state index in [1.807, 2.05) is 12.1 Å². The first-order valence-corrected chi connectivity index (χ1v) is 8.76. The average molecular weight is 327 g/mol. The highest BCUT2D eigenvalue weighted by Crippen LogP contribution is 2.44. The number of ether oxygens (including phenoxy) is 1. The lowest BCUT2D eigenvalue weighted by Gasteiger charge is -2.41. The molecule has 24 heavy (non-hydrogen) atoms. The molecule has 1 N–H and O–H groups in total. The number of hydrogen-bond acceptors (Lipinski definition) is 4. The zero-order valence-electron chi connectivity index (χ0n) is 14.6.